The predicted molar refractivity (Wildman–Crippen MR) is 103 cm³/mol. The molecule has 0 aliphatic carbocycles. The van der Waals surface area contributed by atoms with E-state index in [1.54, 1.807) is 0 Å². The van der Waals surface area contributed by atoms with E-state index >= 15 is 0 Å². The lowest BCUT2D eigenvalue weighted by atomic mass is 9.98. The molecule has 3 heteroatoms. The van der Waals surface area contributed by atoms with Crippen LogP contribution in [0, 0.1) is 11.3 Å². The lowest BCUT2D eigenvalue weighted by molar-refractivity contribution is 0.0709. The molecular formula is C23H22N2O. The van der Waals surface area contributed by atoms with E-state index in [-0.39, 0.29) is 0 Å². The van der Waals surface area contributed by atoms with E-state index in [1.807, 2.05) is 72.8 Å². The molecule has 0 unspecified atom stereocenters. The van der Waals surface area contributed by atoms with Crippen LogP contribution in [-0.2, 0) is 13.1 Å². The fraction of sp³-hybridized carbons (Fsp3) is 0.174. The zero-order valence-electron chi connectivity index (χ0n) is 14.6. The van der Waals surface area contributed by atoms with Gasteiger partial charge in [0.1, 0.15) is 0 Å². The summed E-state index contributed by atoms with van der Waals surface area (Å²) in [6.45, 7) is 1.29. The van der Waals surface area contributed by atoms with Gasteiger partial charge in [-0.05, 0) is 16.7 Å². The van der Waals surface area contributed by atoms with E-state index in [0.717, 1.165) is 16.7 Å². The van der Waals surface area contributed by atoms with Gasteiger partial charge in [-0.25, -0.2) is 0 Å². The third kappa shape index (κ3) is 4.58. The Bertz CT molecular complexity index is 787. The molecule has 26 heavy (non-hydrogen) atoms. The van der Waals surface area contributed by atoms with Gasteiger partial charge in [0, 0.05) is 13.1 Å². The highest BCUT2D eigenvalue weighted by molar-refractivity contribution is 5.24. The largest absolute Gasteiger partial charge is 0.376 e. The number of hydrogen-bond donors (Lipinski definition) is 1. The molecule has 0 fully saturated rings. The molecule has 3 aromatic rings. The van der Waals surface area contributed by atoms with Gasteiger partial charge in [0.2, 0.25) is 0 Å². The zero-order chi connectivity index (χ0) is 18.2. The first-order valence-electron chi connectivity index (χ1n) is 8.72. The standard InChI is InChI=1S/C23H22N2O/c24-16-22(26)23(21-14-8-3-9-15-21)25(17-19-10-4-1-5-11-19)18-20-12-6-2-7-13-20/h1-15,22-23,26H,17-18H2/t22-,23-/m1/s1. The second-order valence-corrected chi connectivity index (χ2v) is 6.31. The molecule has 0 aromatic heterocycles. The van der Waals surface area contributed by atoms with Crippen molar-refractivity contribution in [1.82, 2.24) is 4.90 Å². The lowest BCUT2D eigenvalue weighted by Crippen LogP contribution is -2.35. The van der Waals surface area contributed by atoms with Gasteiger partial charge in [-0.15, -0.1) is 0 Å². The van der Waals surface area contributed by atoms with Crippen molar-refractivity contribution in [2.45, 2.75) is 25.2 Å². The van der Waals surface area contributed by atoms with E-state index in [2.05, 4.69) is 29.2 Å². The van der Waals surface area contributed by atoms with Crippen LogP contribution in [0.5, 0.6) is 0 Å². The third-order valence-corrected chi connectivity index (χ3v) is 4.42. The molecule has 0 aliphatic heterocycles. The van der Waals surface area contributed by atoms with Gasteiger partial charge >= 0.3 is 0 Å². The Labute approximate surface area is 154 Å². The molecule has 3 aromatic carbocycles. The van der Waals surface area contributed by atoms with E-state index < -0.39 is 12.1 Å². The average molecular weight is 342 g/mol. The number of rotatable bonds is 7. The summed E-state index contributed by atoms with van der Waals surface area (Å²) in [5, 5.41) is 19.9. The van der Waals surface area contributed by atoms with Crippen molar-refractivity contribution in [3.05, 3.63) is 108 Å². The van der Waals surface area contributed by atoms with Crippen molar-refractivity contribution in [2.24, 2.45) is 0 Å². The number of aliphatic hydroxyl groups is 1. The Hall–Kier alpha value is -2.93. The summed E-state index contributed by atoms with van der Waals surface area (Å²) in [7, 11) is 0. The van der Waals surface area contributed by atoms with Crippen LogP contribution in [0.1, 0.15) is 22.7 Å². The molecule has 0 saturated carbocycles. The minimum absolute atomic E-state index is 0.401. The summed E-state index contributed by atoms with van der Waals surface area (Å²) in [5.41, 5.74) is 3.23. The van der Waals surface area contributed by atoms with E-state index in [1.165, 1.54) is 0 Å². The quantitative estimate of drug-likeness (QED) is 0.651. The van der Waals surface area contributed by atoms with Crippen molar-refractivity contribution >= 4 is 0 Å². The Morgan fingerprint density at radius 3 is 1.58 bits per heavy atom. The number of nitriles is 1. The molecule has 0 heterocycles. The molecule has 0 radical (unpaired) electrons. The molecule has 0 bridgehead atoms. The highest BCUT2D eigenvalue weighted by Gasteiger charge is 2.28. The maximum absolute atomic E-state index is 10.5. The number of nitrogens with zero attached hydrogens (tertiary/aromatic N) is 2. The van der Waals surface area contributed by atoms with Gasteiger partial charge in [-0.3, -0.25) is 4.90 Å². The third-order valence-electron chi connectivity index (χ3n) is 4.42. The summed E-state index contributed by atoms with van der Waals surface area (Å²) < 4.78 is 0. The predicted octanol–water partition coefficient (Wildman–Crippen LogP) is 4.31. The van der Waals surface area contributed by atoms with Gasteiger partial charge < -0.3 is 5.11 Å². The smallest absolute Gasteiger partial charge is 0.160 e. The van der Waals surface area contributed by atoms with Crippen molar-refractivity contribution in [2.75, 3.05) is 0 Å². The Morgan fingerprint density at radius 2 is 1.15 bits per heavy atom. The fourth-order valence-corrected chi connectivity index (χ4v) is 3.20. The molecule has 0 aliphatic rings. The first-order chi connectivity index (χ1) is 12.8. The van der Waals surface area contributed by atoms with Crippen LogP contribution in [0.2, 0.25) is 0 Å². The van der Waals surface area contributed by atoms with Gasteiger partial charge in [0.25, 0.3) is 0 Å². The molecule has 0 saturated heterocycles. The maximum atomic E-state index is 10.5. The average Bonchev–Trinajstić information content (AvgIpc) is 2.70. The van der Waals surface area contributed by atoms with Crippen molar-refractivity contribution in [3.8, 4) is 6.07 Å². The molecule has 130 valence electrons. The number of hydrogen-bond acceptors (Lipinski definition) is 3. The van der Waals surface area contributed by atoms with Gasteiger partial charge in [-0.2, -0.15) is 5.26 Å². The zero-order valence-corrected chi connectivity index (χ0v) is 14.6. The van der Waals surface area contributed by atoms with E-state index in [0.29, 0.717) is 13.1 Å². The van der Waals surface area contributed by atoms with Crippen molar-refractivity contribution < 1.29 is 5.11 Å². The molecule has 3 rings (SSSR count). The Kier molecular flexibility index (Phi) is 6.16. The number of benzene rings is 3. The monoisotopic (exact) mass is 342 g/mol. The van der Waals surface area contributed by atoms with E-state index in [9.17, 15) is 10.4 Å². The summed E-state index contributed by atoms with van der Waals surface area (Å²) in [6, 6.07) is 31.7. The summed E-state index contributed by atoms with van der Waals surface area (Å²) >= 11 is 0. The molecule has 0 spiro atoms. The topological polar surface area (TPSA) is 47.3 Å². The summed E-state index contributed by atoms with van der Waals surface area (Å²) in [6.07, 6.45) is -1.11. The highest BCUT2D eigenvalue weighted by Crippen LogP contribution is 2.28. The molecule has 0 amide bonds. The SMILES string of the molecule is N#C[C@@H](O)[C@@H](c1ccccc1)N(Cc1ccccc1)Cc1ccccc1. The molecular weight excluding hydrogens is 320 g/mol. The van der Waals surface area contributed by atoms with Crippen LogP contribution >= 0.6 is 0 Å². The maximum Gasteiger partial charge on any atom is 0.160 e. The first-order valence-corrected chi connectivity index (χ1v) is 8.72. The minimum Gasteiger partial charge on any atom is -0.376 e. The molecule has 3 nitrogen and oxygen atoms in total. The van der Waals surface area contributed by atoms with Crippen LogP contribution in [0.4, 0.5) is 0 Å². The van der Waals surface area contributed by atoms with Gasteiger partial charge in [0.05, 0.1) is 12.1 Å². The van der Waals surface area contributed by atoms with Crippen molar-refractivity contribution in [3.63, 3.8) is 0 Å². The van der Waals surface area contributed by atoms with Crippen LogP contribution in [0.3, 0.4) is 0 Å². The molecule has 2 atom stereocenters. The number of aliphatic hydroxyl groups excluding tert-OH is 1. The van der Waals surface area contributed by atoms with Gasteiger partial charge in [-0.1, -0.05) is 91.0 Å². The Morgan fingerprint density at radius 1 is 0.731 bits per heavy atom. The highest BCUT2D eigenvalue weighted by atomic mass is 16.3. The summed E-state index contributed by atoms with van der Waals surface area (Å²) in [4.78, 5) is 2.16. The normalized spacial score (nSPS) is 13.1. The van der Waals surface area contributed by atoms with Gasteiger partial charge in [0.15, 0.2) is 6.10 Å². The second-order valence-electron chi connectivity index (χ2n) is 6.31. The Balaban J connectivity index is 1.97. The summed E-state index contributed by atoms with van der Waals surface area (Å²) in [5.74, 6) is 0. The van der Waals surface area contributed by atoms with Crippen LogP contribution < -0.4 is 0 Å². The fourth-order valence-electron chi connectivity index (χ4n) is 3.20. The second kappa shape index (κ2) is 8.96. The minimum atomic E-state index is -1.11. The van der Waals surface area contributed by atoms with Crippen LogP contribution in [0.25, 0.3) is 0 Å². The van der Waals surface area contributed by atoms with Crippen LogP contribution in [-0.4, -0.2) is 16.1 Å². The van der Waals surface area contributed by atoms with Crippen molar-refractivity contribution in [1.29, 1.82) is 5.26 Å². The van der Waals surface area contributed by atoms with Crippen LogP contribution in [0.15, 0.2) is 91.0 Å². The van der Waals surface area contributed by atoms with E-state index in [4.69, 9.17) is 0 Å². The lowest BCUT2D eigenvalue weighted by Gasteiger charge is -2.33. The molecule has 1 N–H and O–H groups in total. The first kappa shape index (κ1) is 17.9.